The van der Waals surface area contributed by atoms with E-state index in [1.165, 1.54) is 4.68 Å². The van der Waals surface area contributed by atoms with Gasteiger partial charge in [0, 0.05) is 5.56 Å². The molecule has 0 aliphatic heterocycles. The third kappa shape index (κ3) is 5.25. The summed E-state index contributed by atoms with van der Waals surface area (Å²) in [6.07, 6.45) is 0.768. The maximum atomic E-state index is 12.4. The molecule has 1 aromatic heterocycles. The number of aliphatic hydroxyl groups excluding tert-OH is 1. The molecule has 126 valence electrons. The fourth-order valence-electron chi connectivity index (χ4n) is 2.20. The van der Waals surface area contributed by atoms with Crippen molar-refractivity contribution in [3.05, 3.63) is 36.5 Å². The Kier molecular flexibility index (Phi) is 6.47. The molecule has 0 amide bonds. The zero-order chi connectivity index (χ0) is 16.7. The maximum absolute atomic E-state index is 12.4. The number of aromatic nitrogens is 3. The smallest absolute Gasteiger partial charge is 0.333 e. The van der Waals surface area contributed by atoms with Crippen LogP contribution in [0.5, 0.6) is 0 Å². The summed E-state index contributed by atoms with van der Waals surface area (Å²) in [5.41, 5.74) is 1.66. The van der Waals surface area contributed by atoms with Gasteiger partial charge >= 0.3 is 7.60 Å². The van der Waals surface area contributed by atoms with Gasteiger partial charge in [0.15, 0.2) is 0 Å². The van der Waals surface area contributed by atoms with Crippen LogP contribution in [0, 0.1) is 0 Å². The van der Waals surface area contributed by atoms with Gasteiger partial charge in [-0.2, -0.15) is 0 Å². The van der Waals surface area contributed by atoms with Gasteiger partial charge in [0.25, 0.3) is 0 Å². The van der Waals surface area contributed by atoms with Gasteiger partial charge in [-0.3, -0.25) is 4.57 Å². The van der Waals surface area contributed by atoms with E-state index in [0.29, 0.717) is 0 Å². The summed E-state index contributed by atoms with van der Waals surface area (Å²) >= 11 is 0. The van der Waals surface area contributed by atoms with Gasteiger partial charge in [-0.1, -0.05) is 35.5 Å². The van der Waals surface area contributed by atoms with Gasteiger partial charge < -0.3 is 14.2 Å². The van der Waals surface area contributed by atoms with Crippen LogP contribution in [0.4, 0.5) is 0 Å². The van der Waals surface area contributed by atoms with Crippen LogP contribution in [-0.4, -0.2) is 45.6 Å². The van der Waals surface area contributed by atoms with E-state index in [1.807, 2.05) is 30.3 Å². The Hall–Kier alpha value is -1.53. The molecule has 0 spiro atoms. The summed E-state index contributed by atoms with van der Waals surface area (Å²) in [6.45, 7) is 4.18. The molecule has 0 aliphatic rings. The Morgan fingerprint density at radius 1 is 1.22 bits per heavy atom. The van der Waals surface area contributed by atoms with Crippen molar-refractivity contribution in [2.24, 2.45) is 0 Å². The highest BCUT2D eigenvalue weighted by molar-refractivity contribution is 7.53. The average Bonchev–Trinajstić information content (AvgIpc) is 2.96. The molecule has 0 radical (unpaired) electrons. The topological polar surface area (TPSA) is 86.5 Å². The molecule has 8 heteroatoms. The third-order valence-corrected chi connectivity index (χ3v) is 5.26. The fraction of sp³-hybridized carbons (Fsp3) is 0.467. The van der Waals surface area contributed by atoms with E-state index in [9.17, 15) is 9.67 Å². The number of rotatable bonds is 9. The summed E-state index contributed by atoms with van der Waals surface area (Å²) in [4.78, 5) is 0. The summed E-state index contributed by atoms with van der Waals surface area (Å²) < 4.78 is 24.3. The quantitative estimate of drug-likeness (QED) is 0.707. The van der Waals surface area contributed by atoms with Crippen LogP contribution in [0.15, 0.2) is 36.5 Å². The minimum absolute atomic E-state index is 0.0742. The lowest BCUT2D eigenvalue weighted by Gasteiger charge is -2.19. The van der Waals surface area contributed by atoms with E-state index in [2.05, 4.69) is 10.3 Å². The van der Waals surface area contributed by atoms with Crippen LogP contribution in [-0.2, 0) is 20.2 Å². The zero-order valence-corrected chi connectivity index (χ0v) is 14.2. The SMILES string of the molecule is CCOP(=O)(CC(O)Cn1cc(-c2ccccc2)nn1)OCC. The van der Waals surface area contributed by atoms with E-state index in [1.54, 1.807) is 20.0 Å². The second kappa shape index (κ2) is 8.36. The van der Waals surface area contributed by atoms with E-state index in [-0.39, 0.29) is 25.9 Å². The molecule has 2 rings (SSSR count). The largest absolute Gasteiger partial charge is 0.391 e. The van der Waals surface area contributed by atoms with Crippen molar-refractivity contribution in [1.82, 2.24) is 15.0 Å². The molecular formula is C15H22N3O4P. The molecule has 0 saturated carbocycles. The third-order valence-electron chi connectivity index (χ3n) is 3.09. The van der Waals surface area contributed by atoms with Gasteiger partial charge in [-0.05, 0) is 13.8 Å². The van der Waals surface area contributed by atoms with Gasteiger partial charge in [0.2, 0.25) is 0 Å². The lowest BCUT2D eigenvalue weighted by molar-refractivity contribution is 0.150. The number of hydrogen-bond donors (Lipinski definition) is 1. The highest BCUT2D eigenvalue weighted by atomic mass is 31.2. The Morgan fingerprint density at radius 3 is 2.48 bits per heavy atom. The van der Waals surface area contributed by atoms with Gasteiger partial charge in [0.1, 0.15) is 5.69 Å². The molecule has 1 N–H and O–H groups in total. The zero-order valence-electron chi connectivity index (χ0n) is 13.3. The lowest BCUT2D eigenvalue weighted by Crippen LogP contribution is -2.22. The number of aliphatic hydroxyl groups is 1. The van der Waals surface area contributed by atoms with Crippen LogP contribution in [0.25, 0.3) is 11.3 Å². The van der Waals surface area contributed by atoms with Crippen molar-refractivity contribution in [2.75, 3.05) is 19.4 Å². The number of nitrogens with zero attached hydrogens (tertiary/aromatic N) is 3. The van der Waals surface area contributed by atoms with Crippen LogP contribution >= 0.6 is 7.60 Å². The molecule has 0 bridgehead atoms. The average molecular weight is 339 g/mol. The van der Waals surface area contributed by atoms with Crippen LogP contribution in [0.1, 0.15) is 13.8 Å². The molecular weight excluding hydrogens is 317 g/mol. The first kappa shape index (κ1) is 17.8. The molecule has 0 fully saturated rings. The predicted molar refractivity (Wildman–Crippen MR) is 87.2 cm³/mol. The van der Waals surface area contributed by atoms with Gasteiger partial charge in [-0.25, -0.2) is 4.68 Å². The van der Waals surface area contributed by atoms with Crippen molar-refractivity contribution in [3.8, 4) is 11.3 Å². The van der Waals surface area contributed by atoms with Crippen molar-refractivity contribution in [3.63, 3.8) is 0 Å². The highest BCUT2D eigenvalue weighted by Crippen LogP contribution is 2.48. The summed E-state index contributed by atoms with van der Waals surface area (Å²) in [6, 6.07) is 9.64. The second-order valence-electron chi connectivity index (χ2n) is 4.97. The minimum atomic E-state index is -3.28. The predicted octanol–water partition coefficient (Wildman–Crippen LogP) is 2.57. The monoisotopic (exact) mass is 339 g/mol. The molecule has 2 aromatic rings. The van der Waals surface area contributed by atoms with Crippen molar-refractivity contribution in [1.29, 1.82) is 0 Å². The first-order valence-electron chi connectivity index (χ1n) is 7.58. The van der Waals surface area contributed by atoms with E-state index >= 15 is 0 Å². The lowest BCUT2D eigenvalue weighted by atomic mass is 10.2. The molecule has 0 saturated heterocycles. The van der Waals surface area contributed by atoms with Crippen LogP contribution in [0.3, 0.4) is 0 Å². The minimum Gasteiger partial charge on any atom is -0.391 e. The Labute approximate surface area is 135 Å². The molecule has 1 atom stereocenters. The van der Waals surface area contributed by atoms with E-state index in [4.69, 9.17) is 9.05 Å². The number of benzene rings is 1. The Bertz CT molecular complexity index is 637. The molecule has 1 aromatic carbocycles. The van der Waals surface area contributed by atoms with Crippen LogP contribution in [0.2, 0.25) is 0 Å². The molecule has 1 unspecified atom stereocenters. The van der Waals surface area contributed by atoms with E-state index in [0.717, 1.165) is 11.3 Å². The standard InChI is InChI=1S/C15H22N3O4P/c1-3-21-23(20,22-4-2)12-14(19)10-18-11-15(16-17-18)13-8-6-5-7-9-13/h5-9,11,14,19H,3-4,10,12H2,1-2H3. The van der Waals surface area contributed by atoms with E-state index < -0.39 is 13.7 Å². The molecule has 0 aliphatic carbocycles. The second-order valence-corrected chi connectivity index (χ2v) is 7.08. The van der Waals surface area contributed by atoms with Gasteiger partial charge in [-0.15, -0.1) is 5.10 Å². The van der Waals surface area contributed by atoms with Crippen molar-refractivity contribution < 1.29 is 18.7 Å². The summed E-state index contributed by atoms with van der Waals surface area (Å²) in [5.74, 6) is 0. The molecule has 23 heavy (non-hydrogen) atoms. The first-order valence-corrected chi connectivity index (χ1v) is 9.31. The summed E-state index contributed by atoms with van der Waals surface area (Å²) in [7, 11) is -3.28. The molecule has 1 heterocycles. The summed E-state index contributed by atoms with van der Waals surface area (Å²) in [5, 5.41) is 18.2. The Morgan fingerprint density at radius 2 is 1.87 bits per heavy atom. The Balaban J connectivity index is 1.99. The van der Waals surface area contributed by atoms with Crippen molar-refractivity contribution in [2.45, 2.75) is 26.5 Å². The highest BCUT2D eigenvalue weighted by Gasteiger charge is 2.28. The van der Waals surface area contributed by atoms with Crippen LogP contribution < -0.4 is 0 Å². The first-order chi connectivity index (χ1) is 11.1. The number of hydrogen-bond acceptors (Lipinski definition) is 6. The normalized spacial score (nSPS) is 13.2. The fourth-order valence-corrected chi connectivity index (χ4v) is 3.90. The van der Waals surface area contributed by atoms with Crippen molar-refractivity contribution >= 4 is 7.60 Å². The maximum Gasteiger partial charge on any atom is 0.333 e. The van der Waals surface area contributed by atoms with Gasteiger partial charge in [0.05, 0.1) is 38.2 Å². The molecule has 7 nitrogen and oxygen atoms in total.